The Morgan fingerprint density at radius 1 is 1.20 bits per heavy atom. The number of hydrogen-bond acceptors (Lipinski definition) is 3. The highest BCUT2D eigenvalue weighted by Crippen LogP contribution is 2.44. The van der Waals surface area contributed by atoms with Crippen molar-refractivity contribution in [2.24, 2.45) is 11.8 Å². The molecule has 3 aliphatic rings. The number of nitrogens with zero attached hydrogens (tertiary/aromatic N) is 1. The Labute approximate surface area is 167 Å². The molecule has 0 radical (unpaired) electrons. The zero-order chi connectivity index (χ0) is 21.9. The summed E-state index contributed by atoms with van der Waals surface area (Å²) in [5, 5.41) is 2.67. The number of cyclic esters (lactones) is 1. The van der Waals surface area contributed by atoms with E-state index in [0.29, 0.717) is 25.0 Å². The molecule has 1 N–H and O–H groups in total. The third-order valence-corrected chi connectivity index (χ3v) is 5.98. The Morgan fingerprint density at radius 2 is 1.87 bits per heavy atom. The number of hydrogen-bond donors (Lipinski definition) is 1. The van der Waals surface area contributed by atoms with Gasteiger partial charge >= 0.3 is 12.3 Å². The first-order chi connectivity index (χ1) is 13.9. The van der Waals surface area contributed by atoms with Crippen molar-refractivity contribution in [2.75, 3.05) is 19.7 Å². The first-order valence-corrected chi connectivity index (χ1v) is 9.37. The molecule has 0 aromatic heterocycles. The summed E-state index contributed by atoms with van der Waals surface area (Å²) in [7, 11) is 0. The van der Waals surface area contributed by atoms with E-state index in [1.807, 2.05) is 0 Å². The highest BCUT2D eigenvalue weighted by atomic mass is 19.4. The second-order valence-corrected chi connectivity index (χ2v) is 8.30. The summed E-state index contributed by atoms with van der Waals surface area (Å²) >= 11 is 0. The molecule has 3 fully saturated rings. The maximum atomic E-state index is 14.4. The van der Waals surface area contributed by atoms with Gasteiger partial charge in [-0.25, -0.2) is 18.0 Å². The predicted octanol–water partition coefficient (Wildman–Crippen LogP) is 3.67. The summed E-state index contributed by atoms with van der Waals surface area (Å²) in [5.74, 6) is -6.29. The van der Waals surface area contributed by atoms with E-state index < -0.39 is 53.0 Å². The first-order valence-electron chi connectivity index (χ1n) is 9.37. The summed E-state index contributed by atoms with van der Waals surface area (Å²) in [5.41, 5.74) is -2.93. The third-order valence-electron chi connectivity index (χ3n) is 5.98. The van der Waals surface area contributed by atoms with Crippen LogP contribution in [0.15, 0.2) is 18.2 Å². The Hall–Kier alpha value is -2.46. The molecule has 1 spiro atoms. The Kier molecular flexibility index (Phi) is 4.70. The number of alkyl carbamates (subject to hydrolysis) is 1. The molecule has 5 nitrogen and oxygen atoms in total. The Morgan fingerprint density at radius 3 is 2.40 bits per heavy atom. The van der Waals surface area contributed by atoms with Crippen LogP contribution in [0.5, 0.6) is 0 Å². The zero-order valence-corrected chi connectivity index (χ0v) is 15.6. The number of amides is 2. The molecule has 0 unspecified atom stereocenters. The molecular weight excluding hydrogens is 418 g/mol. The van der Waals surface area contributed by atoms with Crippen LogP contribution in [0.25, 0.3) is 0 Å². The molecule has 30 heavy (non-hydrogen) atoms. The van der Waals surface area contributed by atoms with Crippen molar-refractivity contribution < 1.29 is 40.7 Å². The van der Waals surface area contributed by atoms with E-state index in [9.17, 15) is 35.9 Å². The van der Waals surface area contributed by atoms with E-state index in [-0.39, 0.29) is 37.6 Å². The monoisotopic (exact) mass is 436 g/mol. The number of alkyl halides is 5. The molecule has 164 valence electrons. The van der Waals surface area contributed by atoms with E-state index in [4.69, 9.17) is 4.74 Å². The van der Waals surface area contributed by atoms with Crippen molar-refractivity contribution in [3.05, 3.63) is 35.1 Å². The number of carbonyl (C=O) groups is 2. The van der Waals surface area contributed by atoms with Crippen LogP contribution in [0.1, 0.15) is 30.4 Å². The fourth-order valence-corrected chi connectivity index (χ4v) is 4.36. The average Bonchev–Trinajstić information content (AvgIpc) is 2.97. The standard InChI is InChI=1S/C19H18F6N2O3/c20-14-3-12(1-2-13(14)19(23,24)25)18(21,22)4-10-7-27(8-10)15(28)11-5-17(6-11)9-30-16(29)26-17/h1-3,10-11H,4-9H2,(H,26,29)/t11-,17-. The van der Waals surface area contributed by atoms with Crippen LogP contribution in [0, 0.1) is 17.7 Å². The van der Waals surface area contributed by atoms with Crippen LogP contribution in [0.3, 0.4) is 0 Å². The second kappa shape index (κ2) is 6.78. The molecule has 1 aromatic carbocycles. The smallest absolute Gasteiger partial charge is 0.419 e. The molecule has 1 saturated carbocycles. The van der Waals surface area contributed by atoms with Gasteiger partial charge in [0.25, 0.3) is 5.92 Å². The minimum Gasteiger partial charge on any atom is -0.447 e. The summed E-state index contributed by atoms with van der Waals surface area (Å²) in [4.78, 5) is 25.0. The second-order valence-electron chi connectivity index (χ2n) is 8.30. The first kappa shape index (κ1) is 20.8. The maximum absolute atomic E-state index is 14.4. The van der Waals surface area contributed by atoms with Gasteiger partial charge in [-0.15, -0.1) is 0 Å². The number of nitrogens with one attached hydrogen (secondary N) is 1. The number of likely N-dealkylation sites (tertiary alicyclic amines) is 1. The van der Waals surface area contributed by atoms with E-state index in [1.54, 1.807) is 0 Å². The molecule has 1 aliphatic carbocycles. The van der Waals surface area contributed by atoms with Gasteiger partial charge < -0.3 is 15.0 Å². The van der Waals surface area contributed by atoms with Crippen LogP contribution >= 0.6 is 0 Å². The maximum Gasteiger partial charge on any atom is 0.419 e. The van der Waals surface area contributed by atoms with Crippen molar-refractivity contribution >= 4 is 12.0 Å². The molecule has 2 amide bonds. The van der Waals surface area contributed by atoms with Gasteiger partial charge in [0.05, 0.1) is 11.1 Å². The van der Waals surface area contributed by atoms with Crippen molar-refractivity contribution in [1.29, 1.82) is 0 Å². The number of carbonyl (C=O) groups excluding carboxylic acids is 2. The van der Waals surface area contributed by atoms with Gasteiger partial charge in [-0.1, -0.05) is 6.07 Å². The Balaban J connectivity index is 1.30. The topological polar surface area (TPSA) is 58.6 Å². The number of rotatable bonds is 4. The lowest BCUT2D eigenvalue weighted by molar-refractivity contribution is -0.150. The summed E-state index contributed by atoms with van der Waals surface area (Å²) < 4.78 is 85.1. The molecule has 2 saturated heterocycles. The number of benzene rings is 1. The average molecular weight is 436 g/mol. The lowest BCUT2D eigenvalue weighted by Crippen LogP contribution is -2.61. The minimum absolute atomic E-state index is 0.101. The lowest BCUT2D eigenvalue weighted by atomic mass is 9.68. The fourth-order valence-electron chi connectivity index (χ4n) is 4.36. The van der Waals surface area contributed by atoms with Crippen molar-refractivity contribution in [1.82, 2.24) is 10.2 Å². The highest BCUT2D eigenvalue weighted by Gasteiger charge is 2.54. The van der Waals surface area contributed by atoms with E-state index in [0.717, 1.165) is 0 Å². The van der Waals surface area contributed by atoms with E-state index in [1.165, 1.54) is 4.90 Å². The van der Waals surface area contributed by atoms with Gasteiger partial charge in [-0.2, -0.15) is 13.2 Å². The van der Waals surface area contributed by atoms with Crippen molar-refractivity contribution in [3.63, 3.8) is 0 Å². The molecule has 1 aromatic rings. The molecular formula is C19H18F6N2O3. The molecule has 4 rings (SSSR count). The third kappa shape index (κ3) is 3.69. The SMILES string of the molecule is O=C1N[C@]2(CO1)C[C@@H](C(=O)N1CC(CC(F)(F)c3ccc(C(F)(F)F)c(F)c3)C1)C2. The Bertz CT molecular complexity index is 876. The zero-order valence-electron chi connectivity index (χ0n) is 15.6. The minimum atomic E-state index is -4.96. The van der Waals surface area contributed by atoms with Gasteiger partial charge in [0.15, 0.2) is 0 Å². The van der Waals surface area contributed by atoms with Gasteiger partial charge in [0.1, 0.15) is 12.4 Å². The van der Waals surface area contributed by atoms with E-state index in [2.05, 4.69) is 5.32 Å². The van der Waals surface area contributed by atoms with Crippen LogP contribution in [0.2, 0.25) is 0 Å². The summed E-state index contributed by atoms with van der Waals surface area (Å²) in [6, 6.07) is 1.11. The van der Waals surface area contributed by atoms with Gasteiger partial charge in [-0.3, -0.25) is 4.79 Å². The molecule has 2 heterocycles. The predicted molar refractivity (Wildman–Crippen MR) is 89.9 cm³/mol. The van der Waals surface area contributed by atoms with Crippen LogP contribution in [-0.2, 0) is 21.6 Å². The van der Waals surface area contributed by atoms with Gasteiger partial charge in [-0.05, 0) is 25.0 Å². The van der Waals surface area contributed by atoms with Crippen molar-refractivity contribution in [2.45, 2.75) is 36.9 Å². The van der Waals surface area contributed by atoms with Gasteiger partial charge in [0.2, 0.25) is 5.91 Å². The van der Waals surface area contributed by atoms with Crippen LogP contribution in [0.4, 0.5) is 31.1 Å². The van der Waals surface area contributed by atoms with Crippen LogP contribution < -0.4 is 5.32 Å². The lowest BCUT2D eigenvalue weighted by Gasteiger charge is -2.48. The van der Waals surface area contributed by atoms with Crippen LogP contribution in [-0.4, -0.2) is 42.1 Å². The van der Waals surface area contributed by atoms with E-state index >= 15 is 0 Å². The highest BCUT2D eigenvalue weighted by molar-refractivity contribution is 5.82. The number of ether oxygens (including phenoxy) is 1. The molecule has 2 aliphatic heterocycles. The molecule has 0 bridgehead atoms. The quantitative estimate of drug-likeness (QED) is 0.733. The summed E-state index contributed by atoms with van der Waals surface area (Å²) in [6.07, 6.45) is -5.31. The van der Waals surface area contributed by atoms with Gasteiger partial charge in [0, 0.05) is 36.9 Å². The summed E-state index contributed by atoms with van der Waals surface area (Å²) in [6.45, 7) is 0.405. The largest absolute Gasteiger partial charge is 0.447 e. The normalized spacial score (nSPS) is 26.8. The van der Waals surface area contributed by atoms with Crippen molar-refractivity contribution in [3.8, 4) is 0 Å². The molecule has 0 atom stereocenters. The number of halogens is 6. The fraction of sp³-hybridized carbons (Fsp3) is 0.579. The molecule has 11 heteroatoms.